The van der Waals surface area contributed by atoms with Crippen LogP contribution in [-0.2, 0) is 27.9 Å². The quantitative estimate of drug-likeness (QED) is 0.0263. The lowest BCUT2D eigenvalue weighted by molar-refractivity contribution is -0.870. The summed E-state index contributed by atoms with van der Waals surface area (Å²) in [6, 6.07) is 0. The maximum atomic E-state index is 12.7. The van der Waals surface area contributed by atoms with Crippen molar-refractivity contribution in [1.82, 2.24) is 0 Å². The molecular formula is C44H90NO7P. The molecule has 0 aromatic rings. The molecule has 0 heterocycles. The fourth-order valence-electron chi connectivity index (χ4n) is 6.61. The molecule has 2 atom stereocenters. The minimum absolute atomic E-state index is 0.0313. The Kier molecular flexibility index (Phi) is 38.0. The summed E-state index contributed by atoms with van der Waals surface area (Å²) >= 11 is 0. The van der Waals surface area contributed by atoms with Crippen LogP contribution in [0.25, 0.3) is 0 Å². The van der Waals surface area contributed by atoms with Gasteiger partial charge in [-0.1, -0.05) is 200 Å². The van der Waals surface area contributed by atoms with Gasteiger partial charge in [-0.05, 0) is 12.8 Å². The van der Waals surface area contributed by atoms with Crippen molar-refractivity contribution in [1.29, 1.82) is 0 Å². The Morgan fingerprint density at radius 1 is 0.509 bits per heavy atom. The largest absolute Gasteiger partial charge is 0.756 e. The summed E-state index contributed by atoms with van der Waals surface area (Å²) in [6.45, 7) is 5.46. The molecule has 2 unspecified atom stereocenters. The molecule has 0 aliphatic carbocycles. The van der Waals surface area contributed by atoms with Crippen LogP contribution in [0.1, 0.15) is 219 Å². The van der Waals surface area contributed by atoms with Crippen LogP contribution in [0.5, 0.6) is 0 Å². The van der Waals surface area contributed by atoms with Crippen LogP contribution < -0.4 is 4.89 Å². The van der Waals surface area contributed by atoms with Crippen molar-refractivity contribution in [2.45, 2.75) is 225 Å². The summed E-state index contributed by atoms with van der Waals surface area (Å²) < 4.78 is 34.6. The predicted octanol–water partition coefficient (Wildman–Crippen LogP) is 12.6. The van der Waals surface area contributed by atoms with Crippen molar-refractivity contribution < 1.29 is 37.3 Å². The zero-order chi connectivity index (χ0) is 39.1. The molecule has 0 saturated heterocycles. The third kappa shape index (κ3) is 42.5. The third-order valence-corrected chi connectivity index (χ3v) is 11.1. The van der Waals surface area contributed by atoms with E-state index < -0.39 is 13.9 Å². The molecule has 0 aliphatic rings. The third-order valence-electron chi connectivity index (χ3n) is 10.2. The first-order valence-corrected chi connectivity index (χ1v) is 24.2. The minimum Gasteiger partial charge on any atom is -0.756 e. The zero-order valence-corrected chi connectivity index (χ0v) is 36.9. The second kappa shape index (κ2) is 38.4. The Labute approximate surface area is 329 Å². The number of phosphoric ester groups is 1. The van der Waals surface area contributed by atoms with Crippen LogP contribution in [0.4, 0.5) is 0 Å². The number of unbranched alkanes of at least 4 members (excludes halogenated alkanes) is 29. The van der Waals surface area contributed by atoms with Gasteiger partial charge in [0.15, 0.2) is 0 Å². The standard InChI is InChI=1S/C44H90NO7P/c1-6-8-10-12-14-16-18-19-20-21-22-23-24-25-26-27-29-31-33-35-37-44(46)52-43(42-51-53(47,48)50-40-38-45(3,4)5)41-49-39-36-34-32-30-28-17-15-13-11-9-7-2/h43H,6-42H2,1-5H3. The van der Waals surface area contributed by atoms with Gasteiger partial charge in [0, 0.05) is 13.0 Å². The average Bonchev–Trinajstić information content (AvgIpc) is 3.11. The summed E-state index contributed by atoms with van der Waals surface area (Å²) in [6.07, 6.45) is 39.7. The number of rotatable bonds is 43. The first-order chi connectivity index (χ1) is 25.6. The van der Waals surface area contributed by atoms with Gasteiger partial charge in [-0.3, -0.25) is 9.36 Å². The second-order valence-corrected chi connectivity index (χ2v) is 18.2. The average molecular weight is 776 g/mol. The molecule has 8 nitrogen and oxygen atoms in total. The van der Waals surface area contributed by atoms with Gasteiger partial charge in [0.05, 0.1) is 34.4 Å². The SMILES string of the molecule is CCCCCCCCCCCCCCCCCCCCCCC(=O)OC(COCCCCCCCCCCCCC)COP(=O)([O-])OCC[N+](C)(C)C. The normalized spacial score (nSPS) is 13.7. The van der Waals surface area contributed by atoms with Crippen LogP contribution >= 0.6 is 7.82 Å². The van der Waals surface area contributed by atoms with Crippen molar-refractivity contribution in [3.63, 3.8) is 0 Å². The highest BCUT2D eigenvalue weighted by molar-refractivity contribution is 7.45. The van der Waals surface area contributed by atoms with Gasteiger partial charge in [0.2, 0.25) is 0 Å². The van der Waals surface area contributed by atoms with E-state index in [-0.39, 0.29) is 25.8 Å². The van der Waals surface area contributed by atoms with E-state index in [1.54, 1.807) is 0 Å². The molecule has 0 bridgehead atoms. The lowest BCUT2D eigenvalue weighted by Gasteiger charge is -2.28. The Balaban J connectivity index is 4.10. The second-order valence-electron chi connectivity index (χ2n) is 16.8. The fraction of sp³-hybridized carbons (Fsp3) is 0.977. The van der Waals surface area contributed by atoms with Gasteiger partial charge in [-0.15, -0.1) is 0 Å². The van der Waals surface area contributed by atoms with E-state index in [0.717, 1.165) is 32.1 Å². The van der Waals surface area contributed by atoms with Crippen molar-refractivity contribution in [3.05, 3.63) is 0 Å². The number of quaternary nitrogens is 1. The summed E-state index contributed by atoms with van der Waals surface area (Å²) in [5, 5.41) is 0. The molecule has 0 fully saturated rings. The monoisotopic (exact) mass is 776 g/mol. The van der Waals surface area contributed by atoms with Crippen molar-refractivity contribution in [2.75, 3.05) is 54.1 Å². The Bertz CT molecular complexity index is 822. The molecule has 0 N–H and O–H groups in total. The summed E-state index contributed by atoms with van der Waals surface area (Å²) in [7, 11) is 1.37. The van der Waals surface area contributed by atoms with E-state index in [2.05, 4.69) is 13.8 Å². The lowest BCUT2D eigenvalue weighted by atomic mass is 10.0. The van der Waals surface area contributed by atoms with Crippen molar-refractivity contribution in [2.24, 2.45) is 0 Å². The highest BCUT2D eigenvalue weighted by Gasteiger charge is 2.20. The van der Waals surface area contributed by atoms with E-state index in [0.29, 0.717) is 24.1 Å². The maximum Gasteiger partial charge on any atom is 0.306 e. The summed E-state index contributed by atoms with van der Waals surface area (Å²) in [4.78, 5) is 25.0. The number of ether oxygens (including phenoxy) is 2. The molecule has 0 rings (SSSR count). The van der Waals surface area contributed by atoms with Crippen molar-refractivity contribution in [3.8, 4) is 0 Å². The van der Waals surface area contributed by atoms with E-state index in [1.165, 1.54) is 167 Å². The molecule has 0 aromatic carbocycles. The number of likely N-dealkylation sites (N-methyl/N-ethyl adjacent to an activating group) is 1. The van der Waals surface area contributed by atoms with Gasteiger partial charge >= 0.3 is 5.97 Å². The van der Waals surface area contributed by atoms with E-state index in [4.69, 9.17) is 18.5 Å². The summed E-state index contributed by atoms with van der Waals surface area (Å²) in [5.74, 6) is -0.328. The van der Waals surface area contributed by atoms with Crippen LogP contribution in [-0.4, -0.2) is 70.7 Å². The highest BCUT2D eigenvalue weighted by Crippen LogP contribution is 2.38. The number of carbonyl (C=O) groups is 1. The fourth-order valence-corrected chi connectivity index (χ4v) is 7.34. The molecule has 9 heteroatoms. The first kappa shape index (κ1) is 52.5. The Hall–Kier alpha value is -0.500. The number of nitrogens with zero attached hydrogens (tertiary/aromatic N) is 1. The minimum atomic E-state index is -4.51. The smallest absolute Gasteiger partial charge is 0.306 e. The van der Waals surface area contributed by atoms with E-state index in [9.17, 15) is 14.3 Å². The Morgan fingerprint density at radius 2 is 0.868 bits per heavy atom. The molecule has 0 spiro atoms. The number of carbonyl (C=O) groups excluding carboxylic acids is 1. The molecule has 0 saturated carbocycles. The van der Waals surface area contributed by atoms with Crippen LogP contribution in [0.2, 0.25) is 0 Å². The molecule has 53 heavy (non-hydrogen) atoms. The summed E-state index contributed by atoms with van der Waals surface area (Å²) in [5.41, 5.74) is 0. The molecular weight excluding hydrogens is 685 g/mol. The molecule has 318 valence electrons. The number of esters is 1. The topological polar surface area (TPSA) is 94.1 Å². The number of hydrogen-bond acceptors (Lipinski definition) is 7. The maximum absolute atomic E-state index is 12.7. The van der Waals surface area contributed by atoms with Gasteiger partial charge in [-0.2, -0.15) is 0 Å². The lowest BCUT2D eigenvalue weighted by Crippen LogP contribution is -2.37. The Morgan fingerprint density at radius 3 is 1.25 bits per heavy atom. The molecule has 0 amide bonds. The van der Waals surface area contributed by atoms with E-state index >= 15 is 0 Å². The number of phosphoric acid groups is 1. The molecule has 0 aromatic heterocycles. The van der Waals surface area contributed by atoms with Crippen LogP contribution in [0.3, 0.4) is 0 Å². The van der Waals surface area contributed by atoms with Gasteiger partial charge in [0.1, 0.15) is 19.3 Å². The van der Waals surface area contributed by atoms with Gasteiger partial charge in [0.25, 0.3) is 7.82 Å². The zero-order valence-electron chi connectivity index (χ0n) is 36.0. The van der Waals surface area contributed by atoms with Crippen LogP contribution in [0.15, 0.2) is 0 Å². The van der Waals surface area contributed by atoms with Crippen molar-refractivity contribution >= 4 is 13.8 Å². The van der Waals surface area contributed by atoms with E-state index in [1.807, 2.05) is 21.1 Å². The highest BCUT2D eigenvalue weighted by atomic mass is 31.2. The first-order valence-electron chi connectivity index (χ1n) is 22.8. The van der Waals surface area contributed by atoms with Crippen LogP contribution in [0, 0.1) is 0 Å². The molecule has 0 radical (unpaired) electrons. The predicted molar refractivity (Wildman–Crippen MR) is 222 cm³/mol. The number of hydrogen-bond donors (Lipinski definition) is 0. The molecule has 0 aliphatic heterocycles. The van der Waals surface area contributed by atoms with Gasteiger partial charge < -0.3 is 27.9 Å². The van der Waals surface area contributed by atoms with Gasteiger partial charge in [-0.25, -0.2) is 0 Å².